The van der Waals surface area contributed by atoms with Crippen molar-refractivity contribution in [1.82, 2.24) is 15.2 Å². The highest BCUT2D eigenvalue weighted by Gasteiger charge is 2.37. The summed E-state index contributed by atoms with van der Waals surface area (Å²) < 4.78 is 2.27. The van der Waals surface area contributed by atoms with Crippen molar-refractivity contribution in [1.29, 1.82) is 0 Å². The molecule has 1 saturated carbocycles. The van der Waals surface area contributed by atoms with E-state index in [9.17, 15) is 4.79 Å². The third-order valence-electron chi connectivity index (χ3n) is 5.73. The molecule has 2 heterocycles. The minimum absolute atomic E-state index is 0. The molecule has 6 heteroatoms. The number of aromatic nitrogens is 1. The molecule has 26 heavy (non-hydrogen) atoms. The largest absolute Gasteiger partial charge is 0.355 e. The number of nitrogens with zero attached hydrogens (tertiary/aromatic N) is 1. The Morgan fingerprint density at radius 1 is 1.15 bits per heavy atom. The van der Waals surface area contributed by atoms with Gasteiger partial charge in [0.2, 0.25) is 5.91 Å². The Hall–Kier alpha value is -1.23. The molecule has 1 saturated heterocycles. The summed E-state index contributed by atoms with van der Waals surface area (Å²) in [6.45, 7) is 1.69. The van der Waals surface area contributed by atoms with E-state index in [1.807, 2.05) is 0 Å². The number of fused-ring (bicyclic) bond motifs is 2. The fourth-order valence-corrected chi connectivity index (χ4v) is 4.44. The van der Waals surface area contributed by atoms with Crippen molar-refractivity contribution in [2.24, 2.45) is 5.92 Å². The fraction of sp³-hybridized carbons (Fsp3) is 0.550. The molecule has 1 aromatic heterocycles. The number of para-hydroxylation sites is 1. The van der Waals surface area contributed by atoms with Crippen molar-refractivity contribution in [3.05, 3.63) is 36.5 Å². The number of rotatable bonds is 5. The summed E-state index contributed by atoms with van der Waals surface area (Å²) >= 11 is 0. The Kier molecular flexibility index (Phi) is 7.81. The van der Waals surface area contributed by atoms with Gasteiger partial charge in [0.1, 0.15) is 0 Å². The van der Waals surface area contributed by atoms with Gasteiger partial charge in [-0.1, -0.05) is 31.0 Å². The summed E-state index contributed by atoms with van der Waals surface area (Å²) in [4.78, 5) is 12.4. The average molecular weight is 398 g/mol. The minimum Gasteiger partial charge on any atom is -0.355 e. The van der Waals surface area contributed by atoms with E-state index in [4.69, 9.17) is 0 Å². The maximum atomic E-state index is 12.4. The molecule has 2 N–H and O–H groups in total. The number of carbonyl (C=O) groups is 1. The van der Waals surface area contributed by atoms with E-state index in [1.54, 1.807) is 0 Å². The molecule has 1 aliphatic carbocycles. The van der Waals surface area contributed by atoms with Gasteiger partial charge < -0.3 is 15.2 Å². The van der Waals surface area contributed by atoms with E-state index in [2.05, 4.69) is 51.7 Å². The number of halogens is 2. The lowest BCUT2D eigenvalue weighted by molar-refractivity contribution is -0.122. The summed E-state index contributed by atoms with van der Waals surface area (Å²) in [7, 11) is 0. The van der Waals surface area contributed by atoms with Gasteiger partial charge >= 0.3 is 0 Å². The number of benzene rings is 1. The molecular weight excluding hydrogens is 369 g/mol. The van der Waals surface area contributed by atoms with Gasteiger partial charge in [-0.25, -0.2) is 0 Å². The summed E-state index contributed by atoms with van der Waals surface area (Å²) in [5, 5.41) is 7.96. The highest BCUT2D eigenvalue weighted by molar-refractivity contribution is 5.85. The first kappa shape index (κ1) is 21.1. The van der Waals surface area contributed by atoms with Gasteiger partial charge in [-0.05, 0) is 49.1 Å². The lowest BCUT2D eigenvalue weighted by atomic mass is 9.85. The lowest BCUT2D eigenvalue weighted by Crippen LogP contribution is -2.43. The molecule has 1 amide bonds. The second-order valence-electron chi connectivity index (χ2n) is 7.32. The molecular formula is C20H29Cl2N3O. The zero-order valence-electron chi connectivity index (χ0n) is 15.0. The van der Waals surface area contributed by atoms with Crippen molar-refractivity contribution in [3.63, 3.8) is 0 Å². The van der Waals surface area contributed by atoms with Gasteiger partial charge in [-0.2, -0.15) is 0 Å². The lowest BCUT2D eigenvalue weighted by Gasteiger charge is -2.24. The van der Waals surface area contributed by atoms with E-state index in [1.165, 1.54) is 36.6 Å². The Morgan fingerprint density at radius 3 is 2.81 bits per heavy atom. The molecule has 144 valence electrons. The molecule has 3 unspecified atom stereocenters. The monoisotopic (exact) mass is 397 g/mol. The highest BCUT2D eigenvalue weighted by atomic mass is 35.5. The maximum Gasteiger partial charge on any atom is 0.237 e. The SMILES string of the molecule is Cl.Cl.O=C(NCCCn1ccc2ccccc21)C1CC2CCCCC2N1. The van der Waals surface area contributed by atoms with Gasteiger partial charge in [-0.15, -0.1) is 24.8 Å². The maximum absolute atomic E-state index is 12.4. The smallest absolute Gasteiger partial charge is 0.237 e. The predicted molar refractivity (Wildman–Crippen MR) is 111 cm³/mol. The van der Waals surface area contributed by atoms with Crippen LogP contribution in [-0.4, -0.2) is 29.1 Å². The third kappa shape index (κ3) is 4.54. The molecule has 4 rings (SSSR count). The van der Waals surface area contributed by atoms with Crippen molar-refractivity contribution < 1.29 is 4.79 Å². The molecule has 0 radical (unpaired) electrons. The highest BCUT2D eigenvalue weighted by Crippen LogP contribution is 2.33. The number of aryl methyl sites for hydroxylation is 1. The van der Waals surface area contributed by atoms with Gasteiger partial charge in [0.15, 0.2) is 0 Å². The van der Waals surface area contributed by atoms with Gasteiger partial charge in [0.05, 0.1) is 6.04 Å². The molecule has 2 aliphatic rings. The zero-order valence-corrected chi connectivity index (χ0v) is 16.7. The van der Waals surface area contributed by atoms with E-state index in [0.717, 1.165) is 31.8 Å². The van der Waals surface area contributed by atoms with Crippen molar-refractivity contribution in [2.75, 3.05) is 6.54 Å². The van der Waals surface area contributed by atoms with Gasteiger partial charge in [-0.3, -0.25) is 4.79 Å². The molecule has 3 atom stereocenters. The number of hydrogen-bond acceptors (Lipinski definition) is 2. The second kappa shape index (κ2) is 9.63. The van der Waals surface area contributed by atoms with Crippen LogP contribution in [0.25, 0.3) is 10.9 Å². The standard InChI is InChI=1S/C20H27N3O.2ClH/c24-20(18-14-16-7-1-3-8-17(16)22-18)21-11-5-12-23-13-10-15-6-2-4-9-19(15)23;;/h2,4,6,9-10,13,16-18,22H,1,3,5,7-8,11-12,14H2,(H,21,24);2*1H. The zero-order chi connectivity index (χ0) is 16.4. The number of amides is 1. The average Bonchev–Trinajstić information content (AvgIpc) is 3.23. The molecule has 0 bridgehead atoms. The van der Waals surface area contributed by atoms with Crippen LogP contribution in [0.4, 0.5) is 0 Å². The van der Waals surface area contributed by atoms with Crippen molar-refractivity contribution >= 4 is 41.6 Å². The second-order valence-corrected chi connectivity index (χ2v) is 7.32. The number of nitrogens with one attached hydrogen (secondary N) is 2. The van der Waals surface area contributed by atoms with E-state index < -0.39 is 0 Å². The summed E-state index contributed by atoms with van der Waals surface area (Å²) in [6.07, 6.45) is 9.31. The van der Waals surface area contributed by atoms with Crippen molar-refractivity contribution in [2.45, 2.75) is 57.2 Å². The molecule has 1 aromatic carbocycles. The van der Waals surface area contributed by atoms with E-state index in [-0.39, 0.29) is 36.8 Å². The van der Waals surface area contributed by atoms with Crippen LogP contribution in [0.1, 0.15) is 38.5 Å². The fourth-order valence-electron chi connectivity index (χ4n) is 4.44. The van der Waals surface area contributed by atoms with Crippen LogP contribution in [-0.2, 0) is 11.3 Å². The van der Waals surface area contributed by atoms with Crippen LogP contribution in [0.3, 0.4) is 0 Å². The summed E-state index contributed by atoms with van der Waals surface area (Å²) in [5.41, 5.74) is 1.27. The molecule has 0 spiro atoms. The Balaban J connectivity index is 0.00000121. The first-order chi connectivity index (χ1) is 11.8. The Bertz CT molecular complexity index is 704. The molecule has 2 aromatic rings. The topological polar surface area (TPSA) is 46.1 Å². The molecule has 4 nitrogen and oxygen atoms in total. The normalized spacial score (nSPS) is 24.4. The number of hydrogen-bond donors (Lipinski definition) is 2. The first-order valence-electron chi connectivity index (χ1n) is 9.39. The number of carbonyl (C=O) groups excluding carboxylic acids is 1. The molecule has 1 aliphatic heterocycles. The summed E-state index contributed by atoms with van der Waals surface area (Å²) in [6, 6.07) is 11.2. The summed E-state index contributed by atoms with van der Waals surface area (Å²) in [5.74, 6) is 0.919. The van der Waals surface area contributed by atoms with Gasteiger partial charge in [0, 0.05) is 30.8 Å². The quantitative estimate of drug-likeness (QED) is 0.751. The van der Waals surface area contributed by atoms with Crippen LogP contribution in [0, 0.1) is 5.92 Å². The van der Waals surface area contributed by atoms with Crippen LogP contribution >= 0.6 is 24.8 Å². The molecule has 2 fully saturated rings. The van der Waals surface area contributed by atoms with Crippen LogP contribution < -0.4 is 10.6 Å². The van der Waals surface area contributed by atoms with Crippen molar-refractivity contribution in [3.8, 4) is 0 Å². The van der Waals surface area contributed by atoms with E-state index >= 15 is 0 Å². The minimum atomic E-state index is 0. The van der Waals surface area contributed by atoms with Crippen LogP contribution in [0.2, 0.25) is 0 Å². The van der Waals surface area contributed by atoms with Crippen LogP contribution in [0.5, 0.6) is 0 Å². The predicted octanol–water partition coefficient (Wildman–Crippen LogP) is 3.91. The first-order valence-corrected chi connectivity index (χ1v) is 9.39. The van der Waals surface area contributed by atoms with Gasteiger partial charge in [0.25, 0.3) is 0 Å². The van der Waals surface area contributed by atoms with E-state index in [0.29, 0.717) is 6.04 Å². The Labute approximate surface area is 167 Å². The third-order valence-corrected chi connectivity index (χ3v) is 5.73. The van der Waals surface area contributed by atoms with Crippen LogP contribution in [0.15, 0.2) is 36.5 Å². The Morgan fingerprint density at radius 2 is 1.96 bits per heavy atom.